The van der Waals surface area contributed by atoms with Gasteiger partial charge in [0.15, 0.2) is 5.13 Å². The summed E-state index contributed by atoms with van der Waals surface area (Å²) < 4.78 is 5.45. The van der Waals surface area contributed by atoms with Crippen LogP contribution in [0.25, 0.3) is 11.4 Å². The molecule has 0 spiro atoms. The van der Waals surface area contributed by atoms with E-state index in [1.54, 1.807) is 42.6 Å². The molecule has 0 amide bonds. The van der Waals surface area contributed by atoms with Crippen LogP contribution < -0.4 is 10.1 Å². The van der Waals surface area contributed by atoms with Crippen molar-refractivity contribution in [2.24, 2.45) is 0 Å². The maximum Gasteiger partial charge on any atom is 0.343 e. The second-order valence-corrected chi connectivity index (χ2v) is 6.52. The highest BCUT2D eigenvalue weighted by molar-refractivity contribution is 7.14. The topological polar surface area (TPSA) is 64.1 Å². The van der Waals surface area contributed by atoms with Gasteiger partial charge in [-0.3, -0.25) is 4.98 Å². The average molecular weight is 373 g/mol. The smallest absolute Gasteiger partial charge is 0.343 e. The number of esters is 1. The molecule has 0 aliphatic heterocycles. The van der Waals surface area contributed by atoms with Crippen molar-refractivity contribution in [3.63, 3.8) is 0 Å². The molecule has 2 heterocycles. The number of anilines is 2. The van der Waals surface area contributed by atoms with E-state index in [2.05, 4.69) is 15.3 Å². The highest BCUT2D eigenvalue weighted by atomic mass is 32.1. The van der Waals surface area contributed by atoms with E-state index < -0.39 is 0 Å². The lowest BCUT2D eigenvalue weighted by Gasteiger charge is -2.07. The average Bonchev–Trinajstić information content (AvgIpc) is 3.18. The highest BCUT2D eigenvalue weighted by Gasteiger charge is 2.09. The normalized spacial score (nSPS) is 10.4. The molecule has 0 atom stereocenters. The molecule has 2 aromatic heterocycles. The molecule has 2 aromatic carbocycles. The van der Waals surface area contributed by atoms with Crippen LogP contribution >= 0.6 is 11.3 Å². The van der Waals surface area contributed by atoms with Gasteiger partial charge in [0, 0.05) is 23.3 Å². The Morgan fingerprint density at radius 1 is 0.926 bits per heavy atom. The Bertz CT molecular complexity index is 1050. The van der Waals surface area contributed by atoms with Gasteiger partial charge in [-0.15, -0.1) is 11.3 Å². The molecule has 0 saturated carbocycles. The van der Waals surface area contributed by atoms with Crippen LogP contribution in [0.3, 0.4) is 0 Å². The lowest BCUT2D eigenvalue weighted by molar-refractivity contribution is 0.0735. The van der Waals surface area contributed by atoms with E-state index in [0.29, 0.717) is 11.3 Å². The number of aromatic nitrogens is 2. The quantitative estimate of drug-likeness (QED) is 0.386. The third kappa shape index (κ3) is 4.19. The SMILES string of the molecule is O=C(Oc1cccc(Nc2nc(-c3ccccn3)cs2)c1)c1ccccc1. The van der Waals surface area contributed by atoms with Crippen molar-refractivity contribution in [3.05, 3.63) is 89.9 Å². The van der Waals surface area contributed by atoms with E-state index >= 15 is 0 Å². The summed E-state index contributed by atoms with van der Waals surface area (Å²) in [6, 6.07) is 21.8. The van der Waals surface area contributed by atoms with E-state index in [1.165, 1.54) is 11.3 Å². The molecule has 0 aliphatic carbocycles. The van der Waals surface area contributed by atoms with E-state index in [-0.39, 0.29) is 5.97 Å². The Morgan fingerprint density at radius 3 is 2.59 bits per heavy atom. The van der Waals surface area contributed by atoms with Crippen molar-refractivity contribution in [3.8, 4) is 17.1 Å². The predicted molar refractivity (Wildman–Crippen MR) is 106 cm³/mol. The Morgan fingerprint density at radius 2 is 1.78 bits per heavy atom. The first-order valence-corrected chi connectivity index (χ1v) is 9.17. The molecule has 0 aliphatic rings. The van der Waals surface area contributed by atoms with Gasteiger partial charge in [0.05, 0.1) is 11.3 Å². The minimum absolute atomic E-state index is 0.389. The Balaban J connectivity index is 1.47. The number of rotatable bonds is 5. The molecule has 6 heteroatoms. The van der Waals surface area contributed by atoms with Crippen molar-refractivity contribution < 1.29 is 9.53 Å². The van der Waals surface area contributed by atoms with E-state index in [4.69, 9.17) is 4.74 Å². The summed E-state index contributed by atoms with van der Waals surface area (Å²) in [4.78, 5) is 21.0. The van der Waals surface area contributed by atoms with Crippen molar-refractivity contribution in [2.45, 2.75) is 0 Å². The number of hydrogen-bond donors (Lipinski definition) is 1. The van der Waals surface area contributed by atoms with E-state index in [0.717, 1.165) is 22.2 Å². The van der Waals surface area contributed by atoms with Gasteiger partial charge in [-0.25, -0.2) is 9.78 Å². The maximum absolute atomic E-state index is 12.2. The van der Waals surface area contributed by atoms with Gasteiger partial charge < -0.3 is 10.1 Å². The monoisotopic (exact) mass is 373 g/mol. The molecule has 1 N–H and O–H groups in total. The first-order chi connectivity index (χ1) is 13.3. The highest BCUT2D eigenvalue weighted by Crippen LogP contribution is 2.27. The number of nitrogens with one attached hydrogen (secondary N) is 1. The molecule has 0 radical (unpaired) electrons. The Hall–Kier alpha value is -3.51. The summed E-state index contributed by atoms with van der Waals surface area (Å²) in [7, 11) is 0. The Kier molecular flexibility index (Phi) is 4.89. The fraction of sp³-hybridized carbons (Fsp3) is 0. The van der Waals surface area contributed by atoms with Gasteiger partial charge >= 0.3 is 5.97 Å². The van der Waals surface area contributed by atoms with Crippen LogP contribution in [-0.4, -0.2) is 15.9 Å². The summed E-state index contributed by atoms with van der Waals surface area (Å²) in [6.45, 7) is 0. The molecule has 0 fully saturated rings. The number of thiazole rings is 1. The number of pyridine rings is 1. The molecule has 0 bridgehead atoms. The van der Waals surface area contributed by atoms with Gasteiger partial charge in [-0.1, -0.05) is 30.3 Å². The molecule has 27 heavy (non-hydrogen) atoms. The summed E-state index contributed by atoms with van der Waals surface area (Å²) in [5.74, 6) is 0.0785. The molecule has 4 aromatic rings. The molecule has 0 unspecified atom stereocenters. The molecular formula is C21H15N3O2S. The number of carbonyl (C=O) groups excluding carboxylic acids is 1. The largest absolute Gasteiger partial charge is 0.423 e. The summed E-state index contributed by atoms with van der Waals surface area (Å²) in [5.41, 5.74) is 2.94. The third-order valence-electron chi connectivity index (χ3n) is 3.74. The number of nitrogens with zero attached hydrogens (tertiary/aromatic N) is 2. The lowest BCUT2D eigenvalue weighted by atomic mass is 10.2. The van der Waals surface area contributed by atoms with Crippen LogP contribution in [0.1, 0.15) is 10.4 Å². The van der Waals surface area contributed by atoms with Crippen LogP contribution in [0.5, 0.6) is 5.75 Å². The van der Waals surface area contributed by atoms with Gasteiger partial charge in [0.1, 0.15) is 11.4 Å². The van der Waals surface area contributed by atoms with Crippen molar-refractivity contribution in [2.75, 3.05) is 5.32 Å². The zero-order chi connectivity index (χ0) is 18.5. The van der Waals surface area contributed by atoms with Gasteiger partial charge in [0.2, 0.25) is 0 Å². The summed E-state index contributed by atoms with van der Waals surface area (Å²) in [5, 5.41) is 5.92. The van der Waals surface area contributed by atoms with Gasteiger partial charge in [-0.2, -0.15) is 0 Å². The molecule has 4 rings (SSSR count). The third-order valence-corrected chi connectivity index (χ3v) is 4.49. The molecule has 132 valence electrons. The predicted octanol–water partition coefficient (Wildman–Crippen LogP) is 5.17. The summed E-state index contributed by atoms with van der Waals surface area (Å²) in [6.07, 6.45) is 1.74. The number of ether oxygens (including phenoxy) is 1. The fourth-order valence-electron chi connectivity index (χ4n) is 2.46. The minimum atomic E-state index is -0.389. The lowest BCUT2D eigenvalue weighted by Crippen LogP contribution is -2.08. The first kappa shape index (κ1) is 16.9. The fourth-order valence-corrected chi connectivity index (χ4v) is 3.19. The molecular weight excluding hydrogens is 358 g/mol. The molecule has 5 nitrogen and oxygen atoms in total. The number of hydrogen-bond acceptors (Lipinski definition) is 6. The minimum Gasteiger partial charge on any atom is -0.423 e. The van der Waals surface area contributed by atoms with Crippen LogP contribution in [0, 0.1) is 0 Å². The second-order valence-electron chi connectivity index (χ2n) is 5.66. The van der Waals surface area contributed by atoms with Gasteiger partial charge in [0.25, 0.3) is 0 Å². The van der Waals surface area contributed by atoms with E-state index in [1.807, 2.05) is 41.8 Å². The first-order valence-electron chi connectivity index (χ1n) is 8.29. The van der Waals surface area contributed by atoms with Crippen molar-refractivity contribution in [1.29, 1.82) is 0 Å². The van der Waals surface area contributed by atoms with Crippen LogP contribution in [0.2, 0.25) is 0 Å². The number of benzene rings is 2. The van der Waals surface area contributed by atoms with Gasteiger partial charge in [-0.05, 0) is 36.4 Å². The Labute approximate surface area is 160 Å². The number of carbonyl (C=O) groups is 1. The summed E-state index contributed by atoms with van der Waals surface area (Å²) >= 11 is 1.49. The maximum atomic E-state index is 12.2. The standard InChI is InChI=1S/C21H15N3O2S/c25-20(15-7-2-1-3-8-15)26-17-10-6-9-16(13-17)23-21-24-19(14-27-21)18-11-4-5-12-22-18/h1-14H,(H,23,24). The van der Waals surface area contributed by atoms with E-state index in [9.17, 15) is 4.79 Å². The van der Waals surface area contributed by atoms with Crippen LogP contribution in [0.15, 0.2) is 84.4 Å². The van der Waals surface area contributed by atoms with Crippen LogP contribution in [0.4, 0.5) is 10.8 Å². The van der Waals surface area contributed by atoms with Crippen molar-refractivity contribution >= 4 is 28.1 Å². The molecule has 0 saturated heterocycles. The second kappa shape index (κ2) is 7.80. The zero-order valence-corrected chi connectivity index (χ0v) is 15.0. The zero-order valence-electron chi connectivity index (χ0n) is 14.2. The van der Waals surface area contributed by atoms with Crippen molar-refractivity contribution in [1.82, 2.24) is 9.97 Å². The van der Waals surface area contributed by atoms with Crippen LogP contribution in [-0.2, 0) is 0 Å².